The van der Waals surface area contributed by atoms with Crippen LogP contribution in [0.2, 0.25) is 0 Å². The molecule has 30 heavy (non-hydrogen) atoms. The summed E-state index contributed by atoms with van der Waals surface area (Å²) in [6.45, 7) is 5.82. The first-order valence-corrected chi connectivity index (χ1v) is 12.4. The summed E-state index contributed by atoms with van der Waals surface area (Å²) in [5, 5.41) is 7.23. The van der Waals surface area contributed by atoms with Crippen LogP contribution in [0.5, 0.6) is 0 Å². The fourth-order valence-corrected chi connectivity index (χ4v) is 6.20. The predicted molar refractivity (Wildman–Crippen MR) is 126 cm³/mol. The molecule has 0 saturated heterocycles. The van der Waals surface area contributed by atoms with Gasteiger partial charge in [-0.25, -0.2) is 8.42 Å². The molecule has 2 bridgehead atoms. The molecule has 3 unspecified atom stereocenters. The van der Waals surface area contributed by atoms with Crippen LogP contribution in [-0.4, -0.2) is 19.6 Å². The maximum atomic E-state index is 13.0. The third-order valence-electron chi connectivity index (χ3n) is 6.45. The van der Waals surface area contributed by atoms with Gasteiger partial charge in [0.25, 0.3) is 10.0 Å². The highest BCUT2D eigenvalue weighted by molar-refractivity contribution is 7.92. The number of sulfonamides is 1. The molecule has 2 saturated carbocycles. The Labute approximate surface area is 184 Å². The van der Waals surface area contributed by atoms with Crippen LogP contribution in [0, 0.1) is 32.6 Å². The molecule has 2 aliphatic rings. The maximum absolute atomic E-state index is 13.0. The zero-order chi connectivity index (χ0) is 21.5. The molecule has 0 spiro atoms. The highest BCUT2D eigenvalue weighted by Gasteiger charge is 2.39. The van der Waals surface area contributed by atoms with Crippen LogP contribution < -0.4 is 15.4 Å². The van der Waals surface area contributed by atoms with Crippen LogP contribution in [0.3, 0.4) is 0 Å². The minimum absolute atomic E-state index is 0.207. The van der Waals surface area contributed by atoms with E-state index in [2.05, 4.69) is 15.4 Å². The second kappa shape index (κ2) is 8.19. The van der Waals surface area contributed by atoms with Crippen molar-refractivity contribution in [2.24, 2.45) is 11.8 Å². The smallest absolute Gasteiger partial charge is 0.261 e. The van der Waals surface area contributed by atoms with Gasteiger partial charge in [-0.1, -0.05) is 30.2 Å². The van der Waals surface area contributed by atoms with Gasteiger partial charge in [0.2, 0.25) is 0 Å². The molecule has 2 aliphatic carbocycles. The molecule has 0 amide bonds. The third-order valence-corrected chi connectivity index (χ3v) is 8.03. The lowest BCUT2D eigenvalue weighted by Gasteiger charge is -2.25. The van der Waals surface area contributed by atoms with E-state index in [1.807, 2.05) is 32.9 Å². The highest BCUT2D eigenvalue weighted by atomic mass is 32.2. The Kier molecular flexibility index (Phi) is 5.77. The van der Waals surface area contributed by atoms with Gasteiger partial charge in [0.05, 0.1) is 10.6 Å². The Hall–Kier alpha value is -2.12. The van der Waals surface area contributed by atoms with Gasteiger partial charge in [-0.15, -0.1) is 0 Å². The number of hydrogen-bond donors (Lipinski definition) is 3. The molecular weight excluding hydrogens is 414 g/mol. The Morgan fingerprint density at radius 2 is 1.77 bits per heavy atom. The van der Waals surface area contributed by atoms with Gasteiger partial charge >= 0.3 is 0 Å². The lowest BCUT2D eigenvalue weighted by Crippen LogP contribution is -2.40. The normalized spacial score (nSPS) is 22.7. The number of rotatable bonds is 5. The van der Waals surface area contributed by atoms with E-state index in [-0.39, 0.29) is 4.90 Å². The number of nitrogens with one attached hydrogen (secondary N) is 3. The minimum Gasteiger partial charge on any atom is -0.359 e. The van der Waals surface area contributed by atoms with Crippen LogP contribution >= 0.6 is 12.2 Å². The maximum Gasteiger partial charge on any atom is 0.261 e. The molecule has 7 heteroatoms. The number of anilines is 2. The Bertz CT molecular complexity index is 1080. The second-order valence-corrected chi connectivity index (χ2v) is 10.9. The van der Waals surface area contributed by atoms with Gasteiger partial charge < -0.3 is 10.6 Å². The van der Waals surface area contributed by atoms with Crippen LogP contribution in [0.15, 0.2) is 41.3 Å². The first-order chi connectivity index (χ1) is 14.2. The first-order valence-electron chi connectivity index (χ1n) is 10.5. The summed E-state index contributed by atoms with van der Waals surface area (Å²) in [6.07, 6.45) is 5.11. The molecule has 0 aromatic heterocycles. The van der Waals surface area contributed by atoms with Crippen molar-refractivity contribution < 1.29 is 8.42 Å². The first kappa shape index (κ1) is 21.1. The number of benzene rings is 2. The van der Waals surface area contributed by atoms with E-state index < -0.39 is 10.0 Å². The Balaban J connectivity index is 1.48. The Morgan fingerprint density at radius 3 is 2.43 bits per heavy atom. The van der Waals surface area contributed by atoms with Crippen molar-refractivity contribution in [2.45, 2.75) is 57.4 Å². The highest BCUT2D eigenvalue weighted by Crippen LogP contribution is 2.44. The standard InChI is InChI=1S/C23H29N3O2S2/c1-14-4-9-20(16(3)10-14)26-30(27,28)19-8-5-15(2)21(13-19)24-23(29)25-22-12-17-6-7-18(22)11-17/h4-5,8-10,13,17-18,22,26H,6-7,11-12H2,1-3H3,(H2,24,25,29). The SMILES string of the molecule is Cc1ccc(NS(=O)(=O)c2ccc(C)c(NC(=S)NC3CC4CCC3C4)c2)c(C)c1. The Morgan fingerprint density at radius 1 is 0.967 bits per heavy atom. The lowest BCUT2D eigenvalue weighted by molar-refractivity contribution is 0.392. The average Bonchev–Trinajstić information content (AvgIpc) is 3.28. The summed E-state index contributed by atoms with van der Waals surface area (Å²) in [5.41, 5.74) is 4.22. The van der Waals surface area contributed by atoms with E-state index in [4.69, 9.17) is 12.2 Å². The van der Waals surface area contributed by atoms with Crippen molar-refractivity contribution in [2.75, 3.05) is 10.0 Å². The summed E-state index contributed by atoms with van der Waals surface area (Å²) >= 11 is 5.53. The molecule has 160 valence electrons. The summed E-state index contributed by atoms with van der Waals surface area (Å²) in [4.78, 5) is 0.207. The van der Waals surface area contributed by atoms with Crippen LogP contribution in [0.1, 0.15) is 42.4 Å². The molecule has 4 rings (SSSR count). The summed E-state index contributed by atoms with van der Waals surface area (Å²) in [6, 6.07) is 11.2. The summed E-state index contributed by atoms with van der Waals surface area (Å²) in [7, 11) is -3.71. The van der Waals surface area contributed by atoms with Gasteiger partial charge in [-0.2, -0.15) is 0 Å². The predicted octanol–water partition coefficient (Wildman–Crippen LogP) is 4.89. The van der Waals surface area contributed by atoms with E-state index in [1.54, 1.807) is 24.3 Å². The molecule has 0 heterocycles. The average molecular weight is 444 g/mol. The molecule has 3 atom stereocenters. The number of hydrogen-bond acceptors (Lipinski definition) is 3. The van der Waals surface area contributed by atoms with E-state index in [0.29, 0.717) is 28.4 Å². The number of fused-ring (bicyclic) bond motifs is 2. The fraction of sp³-hybridized carbons (Fsp3) is 0.435. The van der Waals surface area contributed by atoms with Crippen molar-refractivity contribution in [3.63, 3.8) is 0 Å². The van der Waals surface area contributed by atoms with Crippen molar-refractivity contribution >= 4 is 38.7 Å². The summed E-state index contributed by atoms with van der Waals surface area (Å²) < 4.78 is 28.6. The molecule has 0 radical (unpaired) electrons. The van der Waals surface area contributed by atoms with E-state index in [1.165, 1.54) is 25.7 Å². The summed E-state index contributed by atoms with van der Waals surface area (Å²) in [5.74, 6) is 1.55. The minimum atomic E-state index is -3.71. The van der Waals surface area contributed by atoms with E-state index >= 15 is 0 Å². The second-order valence-electron chi connectivity index (χ2n) is 8.78. The van der Waals surface area contributed by atoms with Gasteiger partial charge in [0.15, 0.2) is 5.11 Å². The quantitative estimate of drug-likeness (QED) is 0.574. The lowest BCUT2D eigenvalue weighted by atomic mass is 9.95. The van der Waals surface area contributed by atoms with Gasteiger partial charge in [0, 0.05) is 11.7 Å². The monoisotopic (exact) mass is 443 g/mol. The van der Waals surface area contributed by atoms with E-state index in [9.17, 15) is 8.42 Å². The number of aryl methyl sites for hydroxylation is 3. The fourth-order valence-electron chi connectivity index (χ4n) is 4.78. The van der Waals surface area contributed by atoms with Crippen LogP contribution in [0.25, 0.3) is 0 Å². The van der Waals surface area contributed by atoms with Gasteiger partial charge in [-0.05, 0) is 93.4 Å². The topological polar surface area (TPSA) is 70.2 Å². The van der Waals surface area contributed by atoms with Crippen molar-refractivity contribution in [3.8, 4) is 0 Å². The molecule has 2 aromatic rings. The molecule has 3 N–H and O–H groups in total. The van der Waals surface area contributed by atoms with Crippen LogP contribution in [0.4, 0.5) is 11.4 Å². The van der Waals surface area contributed by atoms with Crippen LogP contribution in [-0.2, 0) is 10.0 Å². The van der Waals surface area contributed by atoms with Gasteiger partial charge in [-0.3, -0.25) is 4.72 Å². The molecule has 2 aromatic carbocycles. The van der Waals surface area contributed by atoms with Crippen molar-refractivity contribution in [1.29, 1.82) is 0 Å². The zero-order valence-corrected chi connectivity index (χ0v) is 19.3. The third kappa shape index (κ3) is 4.47. The molecule has 5 nitrogen and oxygen atoms in total. The van der Waals surface area contributed by atoms with Crippen molar-refractivity contribution in [1.82, 2.24) is 5.32 Å². The molecule has 0 aliphatic heterocycles. The molecule has 2 fully saturated rings. The van der Waals surface area contributed by atoms with E-state index in [0.717, 1.165) is 22.6 Å². The number of thiocarbonyl (C=S) groups is 1. The van der Waals surface area contributed by atoms with Crippen molar-refractivity contribution in [3.05, 3.63) is 53.1 Å². The largest absolute Gasteiger partial charge is 0.359 e. The molecular formula is C23H29N3O2S2. The van der Waals surface area contributed by atoms with Gasteiger partial charge in [0.1, 0.15) is 0 Å². The zero-order valence-electron chi connectivity index (χ0n) is 17.7.